The molecule has 0 saturated heterocycles. The van der Waals surface area contributed by atoms with E-state index in [9.17, 15) is 0 Å². The standard InChI is InChI=1S/C14H16BrNOS/c1-10(13-6-7-14(15)18-13)16-12-4-2-11(3-5-12)8-9-17/h2-7,10,16-17H,8-9H2,1H3. The molecule has 0 aliphatic heterocycles. The molecule has 2 N–H and O–H groups in total. The first-order chi connectivity index (χ1) is 8.69. The summed E-state index contributed by atoms with van der Waals surface area (Å²) < 4.78 is 1.16. The Morgan fingerprint density at radius 2 is 1.94 bits per heavy atom. The van der Waals surface area contributed by atoms with Gasteiger partial charge in [-0.1, -0.05) is 12.1 Å². The van der Waals surface area contributed by atoms with Crippen molar-refractivity contribution in [2.45, 2.75) is 19.4 Å². The molecule has 0 amide bonds. The van der Waals surface area contributed by atoms with Crippen molar-refractivity contribution in [1.29, 1.82) is 0 Å². The molecule has 2 aromatic rings. The lowest BCUT2D eigenvalue weighted by atomic mass is 10.1. The molecule has 0 radical (unpaired) electrons. The fraction of sp³-hybridized carbons (Fsp3) is 0.286. The Hall–Kier alpha value is -0.840. The van der Waals surface area contributed by atoms with Gasteiger partial charge in [0.25, 0.3) is 0 Å². The van der Waals surface area contributed by atoms with Gasteiger partial charge in [0.05, 0.1) is 9.83 Å². The summed E-state index contributed by atoms with van der Waals surface area (Å²) in [6.07, 6.45) is 0.716. The minimum Gasteiger partial charge on any atom is -0.396 e. The predicted molar refractivity (Wildman–Crippen MR) is 81.3 cm³/mol. The fourth-order valence-corrected chi connectivity index (χ4v) is 3.20. The maximum atomic E-state index is 8.87. The SMILES string of the molecule is CC(Nc1ccc(CCO)cc1)c1ccc(Br)s1. The van der Waals surface area contributed by atoms with Gasteiger partial charge in [-0.3, -0.25) is 0 Å². The molecule has 1 heterocycles. The van der Waals surface area contributed by atoms with Crippen LogP contribution in [0.25, 0.3) is 0 Å². The molecular formula is C14H16BrNOS. The van der Waals surface area contributed by atoms with Crippen LogP contribution >= 0.6 is 27.3 Å². The Bertz CT molecular complexity index is 495. The number of nitrogens with one attached hydrogen (secondary N) is 1. The number of aliphatic hydroxyl groups excluding tert-OH is 1. The quantitative estimate of drug-likeness (QED) is 0.862. The zero-order valence-electron chi connectivity index (χ0n) is 10.2. The molecule has 4 heteroatoms. The van der Waals surface area contributed by atoms with E-state index in [1.54, 1.807) is 11.3 Å². The monoisotopic (exact) mass is 325 g/mol. The number of anilines is 1. The van der Waals surface area contributed by atoms with Crippen LogP contribution in [0.1, 0.15) is 23.4 Å². The van der Waals surface area contributed by atoms with E-state index >= 15 is 0 Å². The molecule has 0 spiro atoms. The van der Waals surface area contributed by atoms with Crippen molar-refractivity contribution in [2.24, 2.45) is 0 Å². The number of hydrogen-bond donors (Lipinski definition) is 2. The summed E-state index contributed by atoms with van der Waals surface area (Å²) in [5.41, 5.74) is 2.27. The van der Waals surface area contributed by atoms with E-state index in [-0.39, 0.29) is 6.61 Å². The third-order valence-electron chi connectivity index (χ3n) is 2.76. The predicted octanol–water partition coefficient (Wildman–Crippen LogP) is 4.22. The second-order valence-corrected chi connectivity index (χ2v) is 6.67. The van der Waals surface area contributed by atoms with E-state index in [1.807, 2.05) is 0 Å². The third-order valence-corrected chi connectivity index (χ3v) is 4.56. The molecule has 0 aliphatic rings. The summed E-state index contributed by atoms with van der Waals surface area (Å²) in [6, 6.07) is 12.7. The largest absolute Gasteiger partial charge is 0.396 e. The molecule has 2 nitrogen and oxygen atoms in total. The van der Waals surface area contributed by atoms with Gasteiger partial charge in [0.1, 0.15) is 0 Å². The van der Waals surface area contributed by atoms with Gasteiger partial charge in [-0.15, -0.1) is 11.3 Å². The zero-order chi connectivity index (χ0) is 13.0. The molecule has 0 aliphatic carbocycles. The van der Waals surface area contributed by atoms with Crippen molar-refractivity contribution in [3.63, 3.8) is 0 Å². The average Bonchev–Trinajstić information content (AvgIpc) is 2.79. The van der Waals surface area contributed by atoms with Crippen LogP contribution in [0.2, 0.25) is 0 Å². The Labute approximate surface area is 120 Å². The number of thiophene rings is 1. The lowest BCUT2D eigenvalue weighted by molar-refractivity contribution is 0.299. The minimum atomic E-state index is 0.201. The fourth-order valence-electron chi connectivity index (χ4n) is 1.78. The normalized spacial score (nSPS) is 12.4. The van der Waals surface area contributed by atoms with Crippen LogP contribution < -0.4 is 5.32 Å². The van der Waals surface area contributed by atoms with Gasteiger partial charge >= 0.3 is 0 Å². The summed E-state index contributed by atoms with van der Waals surface area (Å²) in [7, 11) is 0. The molecule has 0 fully saturated rings. The highest BCUT2D eigenvalue weighted by Gasteiger charge is 2.07. The topological polar surface area (TPSA) is 32.3 Å². The van der Waals surface area contributed by atoms with Crippen molar-refractivity contribution >= 4 is 33.0 Å². The van der Waals surface area contributed by atoms with Crippen molar-refractivity contribution in [1.82, 2.24) is 0 Å². The highest BCUT2D eigenvalue weighted by atomic mass is 79.9. The lowest BCUT2D eigenvalue weighted by Crippen LogP contribution is -2.04. The van der Waals surface area contributed by atoms with Crippen molar-refractivity contribution in [2.75, 3.05) is 11.9 Å². The minimum absolute atomic E-state index is 0.201. The van der Waals surface area contributed by atoms with Crippen LogP contribution in [0.3, 0.4) is 0 Å². The summed E-state index contributed by atoms with van der Waals surface area (Å²) >= 11 is 5.23. The van der Waals surface area contributed by atoms with Gasteiger partial charge in [0.15, 0.2) is 0 Å². The first kappa shape index (κ1) is 13.6. The molecular weight excluding hydrogens is 310 g/mol. The molecule has 18 heavy (non-hydrogen) atoms. The molecule has 1 aromatic carbocycles. The van der Waals surface area contributed by atoms with Crippen LogP contribution in [0.4, 0.5) is 5.69 Å². The Kier molecular flexibility index (Phi) is 4.80. The van der Waals surface area contributed by atoms with Crippen LogP contribution in [0.15, 0.2) is 40.2 Å². The Morgan fingerprint density at radius 3 is 2.50 bits per heavy atom. The van der Waals surface area contributed by atoms with Crippen LogP contribution in [0.5, 0.6) is 0 Å². The molecule has 1 atom stereocenters. The maximum absolute atomic E-state index is 8.87. The van der Waals surface area contributed by atoms with Gasteiger partial charge in [-0.05, 0) is 59.1 Å². The molecule has 0 saturated carbocycles. The second kappa shape index (κ2) is 6.36. The molecule has 1 aromatic heterocycles. The molecule has 96 valence electrons. The zero-order valence-corrected chi connectivity index (χ0v) is 12.6. The summed E-state index contributed by atoms with van der Waals surface area (Å²) in [5, 5.41) is 12.3. The maximum Gasteiger partial charge on any atom is 0.0702 e. The summed E-state index contributed by atoms with van der Waals surface area (Å²) in [4.78, 5) is 1.31. The Morgan fingerprint density at radius 1 is 1.22 bits per heavy atom. The Balaban J connectivity index is 2.00. The number of hydrogen-bond acceptors (Lipinski definition) is 3. The van der Waals surface area contributed by atoms with E-state index in [0.717, 1.165) is 15.0 Å². The van der Waals surface area contributed by atoms with Gasteiger partial charge in [-0.2, -0.15) is 0 Å². The van der Waals surface area contributed by atoms with E-state index in [1.165, 1.54) is 4.88 Å². The van der Waals surface area contributed by atoms with Crippen molar-refractivity contribution in [3.05, 3.63) is 50.6 Å². The van der Waals surface area contributed by atoms with E-state index in [4.69, 9.17) is 5.11 Å². The van der Waals surface area contributed by atoms with E-state index in [0.29, 0.717) is 12.5 Å². The van der Waals surface area contributed by atoms with E-state index in [2.05, 4.69) is 64.6 Å². The smallest absolute Gasteiger partial charge is 0.0702 e. The lowest BCUT2D eigenvalue weighted by Gasteiger charge is -2.14. The van der Waals surface area contributed by atoms with Crippen LogP contribution in [-0.2, 0) is 6.42 Å². The first-order valence-corrected chi connectivity index (χ1v) is 7.51. The third kappa shape index (κ3) is 3.57. The number of benzene rings is 1. The van der Waals surface area contributed by atoms with Gasteiger partial charge in [-0.25, -0.2) is 0 Å². The average molecular weight is 326 g/mol. The van der Waals surface area contributed by atoms with Gasteiger partial charge < -0.3 is 10.4 Å². The highest BCUT2D eigenvalue weighted by Crippen LogP contribution is 2.29. The first-order valence-electron chi connectivity index (χ1n) is 5.90. The second-order valence-electron chi connectivity index (χ2n) is 4.18. The van der Waals surface area contributed by atoms with Crippen LogP contribution in [-0.4, -0.2) is 11.7 Å². The summed E-state index contributed by atoms with van der Waals surface area (Å²) in [5.74, 6) is 0. The van der Waals surface area contributed by atoms with Crippen molar-refractivity contribution < 1.29 is 5.11 Å². The number of halogens is 1. The van der Waals surface area contributed by atoms with E-state index < -0.39 is 0 Å². The van der Waals surface area contributed by atoms with Crippen LogP contribution in [0, 0.1) is 0 Å². The number of rotatable bonds is 5. The number of aliphatic hydroxyl groups is 1. The summed E-state index contributed by atoms with van der Waals surface area (Å²) in [6.45, 7) is 2.35. The molecule has 0 bridgehead atoms. The molecule has 1 unspecified atom stereocenters. The highest BCUT2D eigenvalue weighted by molar-refractivity contribution is 9.11. The van der Waals surface area contributed by atoms with Gasteiger partial charge in [0, 0.05) is 17.2 Å². The molecule has 2 rings (SSSR count). The van der Waals surface area contributed by atoms with Crippen molar-refractivity contribution in [3.8, 4) is 0 Å². The van der Waals surface area contributed by atoms with Gasteiger partial charge in [0.2, 0.25) is 0 Å².